The average Bonchev–Trinajstić information content (AvgIpc) is 3.53. The monoisotopic (exact) mass is 411 g/mol. The Morgan fingerprint density at radius 1 is 1.17 bits per heavy atom. The number of thioether (sulfide) groups is 1. The molecule has 3 aromatic rings. The predicted octanol–water partition coefficient (Wildman–Crippen LogP) is 4.23. The van der Waals surface area contributed by atoms with Gasteiger partial charge in [-0.05, 0) is 56.5 Å². The van der Waals surface area contributed by atoms with Gasteiger partial charge in [-0.1, -0.05) is 36.0 Å². The van der Waals surface area contributed by atoms with Crippen molar-refractivity contribution in [2.45, 2.75) is 49.2 Å². The lowest BCUT2D eigenvalue weighted by Crippen LogP contribution is -2.33. The molecule has 0 radical (unpaired) electrons. The molecule has 0 spiro atoms. The number of benzene rings is 2. The second-order valence-corrected chi connectivity index (χ2v) is 8.67. The van der Waals surface area contributed by atoms with Crippen molar-refractivity contribution in [3.63, 3.8) is 0 Å². The third kappa shape index (κ3) is 4.19. The number of nitrogens with zero attached hydrogens (tertiary/aromatic N) is 2. The molecule has 0 aliphatic heterocycles. The lowest BCUT2D eigenvalue weighted by Gasteiger charge is -2.19. The maximum absolute atomic E-state index is 13.1. The van der Waals surface area contributed by atoms with Crippen LogP contribution < -0.4 is 10.9 Å². The molecule has 150 valence electrons. The highest BCUT2D eigenvalue weighted by molar-refractivity contribution is 8.00. The first-order chi connectivity index (χ1) is 13.9. The second-order valence-electron chi connectivity index (χ2n) is 7.36. The lowest BCUT2D eigenvalue weighted by molar-refractivity contribution is -0.120. The van der Waals surface area contributed by atoms with Crippen molar-refractivity contribution >= 4 is 28.6 Å². The maximum Gasteiger partial charge on any atom is 0.262 e. The van der Waals surface area contributed by atoms with E-state index in [4.69, 9.17) is 0 Å². The van der Waals surface area contributed by atoms with E-state index in [1.165, 1.54) is 23.9 Å². The fraction of sp³-hybridized carbons (Fsp3) is 0.318. The number of nitrogens with one attached hydrogen (secondary N) is 1. The SMILES string of the molecule is C[C@@H](Sc1nc2ccccc2c(=O)n1C1CC1)C(=O)N[C@H](C)c1ccc(F)cc1. The van der Waals surface area contributed by atoms with Gasteiger partial charge in [0.1, 0.15) is 5.82 Å². The molecule has 1 heterocycles. The minimum absolute atomic E-state index is 0.0483. The standard InChI is InChI=1S/C22H22FN3O2S/c1-13(15-7-9-16(23)10-8-15)24-20(27)14(2)29-22-25-19-6-4-3-5-18(19)21(28)26(22)17-11-12-17/h3-10,13-14,17H,11-12H2,1-2H3,(H,24,27)/t13-,14-/m1/s1. The third-order valence-corrected chi connectivity index (χ3v) is 6.13. The van der Waals surface area contributed by atoms with Crippen molar-refractivity contribution < 1.29 is 9.18 Å². The number of carbonyl (C=O) groups is 1. The number of hydrogen-bond acceptors (Lipinski definition) is 4. The van der Waals surface area contributed by atoms with Gasteiger partial charge in [0.05, 0.1) is 22.2 Å². The van der Waals surface area contributed by atoms with Crippen molar-refractivity contribution in [3.8, 4) is 0 Å². The molecule has 2 aromatic carbocycles. The van der Waals surface area contributed by atoms with Crippen molar-refractivity contribution in [1.29, 1.82) is 0 Å². The molecule has 1 aliphatic carbocycles. The summed E-state index contributed by atoms with van der Waals surface area (Å²) in [6.45, 7) is 3.66. The lowest BCUT2D eigenvalue weighted by atomic mass is 10.1. The van der Waals surface area contributed by atoms with Crippen LogP contribution in [0.3, 0.4) is 0 Å². The zero-order valence-corrected chi connectivity index (χ0v) is 17.1. The summed E-state index contributed by atoms with van der Waals surface area (Å²) in [5.74, 6) is -0.465. The van der Waals surface area contributed by atoms with Crippen LogP contribution in [0.1, 0.15) is 44.3 Å². The average molecular weight is 412 g/mol. The van der Waals surface area contributed by atoms with Gasteiger partial charge in [0.2, 0.25) is 5.91 Å². The zero-order valence-electron chi connectivity index (χ0n) is 16.3. The van der Waals surface area contributed by atoms with E-state index in [0.29, 0.717) is 16.1 Å². The number of fused-ring (bicyclic) bond motifs is 1. The van der Waals surface area contributed by atoms with Crippen LogP contribution in [0.5, 0.6) is 0 Å². The Hall–Kier alpha value is -2.67. The molecule has 1 aromatic heterocycles. The quantitative estimate of drug-likeness (QED) is 0.487. The number of amides is 1. The Bertz CT molecular complexity index is 1110. The highest BCUT2D eigenvalue weighted by Crippen LogP contribution is 2.37. The first-order valence-corrected chi connectivity index (χ1v) is 10.6. The van der Waals surface area contributed by atoms with Crippen LogP contribution in [0.4, 0.5) is 4.39 Å². The molecule has 2 atom stereocenters. The van der Waals surface area contributed by atoms with Crippen molar-refractivity contribution in [1.82, 2.24) is 14.9 Å². The van der Waals surface area contributed by atoms with E-state index in [-0.39, 0.29) is 29.4 Å². The summed E-state index contributed by atoms with van der Waals surface area (Å²) in [4.78, 5) is 30.3. The van der Waals surface area contributed by atoms with Gasteiger partial charge >= 0.3 is 0 Å². The second kappa shape index (κ2) is 7.99. The molecular formula is C22H22FN3O2S. The molecule has 7 heteroatoms. The van der Waals surface area contributed by atoms with Crippen molar-refractivity contribution in [2.24, 2.45) is 0 Å². The van der Waals surface area contributed by atoms with Gasteiger partial charge in [0.25, 0.3) is 5.56 Å². The molecule has 1 saturated carbocycles. The van der Waals surface area contributed by atoms with Crippen LogP contribution >= 0.6 is 11.8 Å². The fourth-order valence-electron chi connectivity index (χ4n) is 3.24. The van der Waals surface area contributed by atoms with Crippen LogP contribution in [0.25, 0.3) is 10.9 Å². The van der Waals surface area contributed by atoms with Gasteiger partial charge in [-0.15, -0.1) is 0 Å². The van der Waals surface area contributed by atoms with Crippen LogP contribution in [0.15, 0.2) is 58.5 Å². The summed E-state index contributed by atoms with van der Waals surface area (Å²) in [5, 5.41) is 3.70. The van der Waals surface area contributed by atoms with Crippen LogP contribution in [0, 0.1) is 5.82 Å². The van der Waals surface area contributed by atoms with E-state index in [1.54, 1.807) is 29.7 Å². The molecule has 0 saturated heterocycles. The van der Waals surface area contributed by atoms with Gasteiger partial charge in [-0.25, -0.2) is 9.37 Å². The first-order valence-electron chi connectivity index (χ1n) is 9.68. The number of hydrogen-bond donors (Lipinski definition) is 1. The molecule has 1 aliphatic rings. The molecule has 29 heavy (non-hydrogen) atoms. The van der Waals surface area contributed by atoms with E-state index in [2.05, 4.69) is 10.3 Å². The minimum atomic E-state index is -0.434. The van der Waals surface area contributed by atoms with Gasteiger partial charge in [0, 0.05) is 6.04 Å². The minimum Gasteiger partial charge on any atom is -0.349 e. The zero-order chi connectivity index (χ0) is 20.5. The van der Waals surface area contributed by atoms with Gasteiger partial charge in [-0.2, -0.15) is 0 Å². The molecular weight excluding hydrogens is 389 g/mol. The van der Waals surface area contributed by atoms with E-state index < -0.39 is 5.25 Å². The van der Waals surface area contributed by atoms with Gasteiger partial charge < -0.3 is 5.32 Å². The molecule has 0 unspecified atom stereocenters. The largest absolute Gasteiger partial charge is 0.349 e. The smallest absolute Gasteiger partial charge is 0.262 e. The summed E-state index contributed by atoms with van der Waals surface area (Å²) in [6.07, 6.45) is 1.91. The number of carbonyl (C=O) groups excluding carboxylic acids is 1. The van der Waals surface area contributed by atoms with Crippen LogP contribution in [-0.2, 0) is 4.79 Å². The Morgan fingerprint density at radius 2 is 1.86 bits per heavy atom. The number of para-hydroxylation sites is 1. The van der Waals surface area contributed by atoms with E-state index in [0.717, 1.165) is 18.4 Å². The highest BCUT2D eigenvalue weighted by Gasteiger charge is 2.30. The third-order valence-electron chi connectivity index (χ3n) is 5.07. The maximum atomic E-state index is 13.1. The fourth-order valence-corrected chi connectivity index (χ4v) is 4.23. The van der Waals surface area contributed by atoms with E-state index >= 15 is 0 Å². The van der Waals surface area contributed by atoms with Crippen LogP contribution in [0.2, 0.25) is 0 Å². The van der Waals surface area contributed by atoms with Crippen molar-refractivity contribution in [2.75, 3.05) is 0 Å². The van der Waals surface area contributed by atoms with Gasteiger partial charge in [-0.3, -0.25) is 14.2 Å². The summed E-state index contributed by atoms with van der Waals surface area (Å²) in [6, 6.07) is 13.3. The molecule has 1 amide bonds. The van der Waals surface area contributed by atoms with Crippen LogP contribution in [-0.4, -0.2) is 20.7 Å². The normalized spacial score (nSPS) is 15.8. The molecule has 0 bridgehead atoms. The van der Waals surface area contributed by atoms with E-state index in [9.17, 15) is 14.0 Å². The van der Waals surface area contributed by atoms with Crippen molar-refractivity contribution in [3.05, 3.63) is 70.3 Å². The predicted molar refractivity (Wildman–Crippen MR) is 113 cm³/mol. The summed E-state index contributed by atoms with van der Waals surface area (Å²) in [5.41, 5.74) is 1.42. The summed E-state index contributed by atoms with van der Waals surface area (Å²) >= 11 is 1.30. The summed E-state index contributed by atoms with van der Waals surface area (Å²) in [7, 11) is 0. The van der Waals surface area contributed by atoms with E-state index in [1.807, 2.05) is 25.1 Å². The molecule has 5 nitrogen and oxygen atoms in total. The number of rotatable bonds is 6. The van der Waals surface area contributed by atoms with Gasteiger partial charge in [0.15, 0.2) is 5.16 Å². The molecule has 1 N–H and O–H groups in total. The molecule has 1 fully saturated rings. The Morgan fingerprint density at radius 3 is 2.55 bits per heavy atom. The molecule has 4 rings (SSSR count). The highest BCUT2D eigenvalue weighted by atomic mass is 32.2. The first kappa shape index (κ1) is 19.6. The Balaban J connectivity index is 1.54. The Kier molecular flexibility index (Phi) is 5.41. The number of aromatic nitrogens is 2. The topological polar surface area (TPSA) is 64.0 Å². The number of halogens is 1. The summed E-state index contributed by atoms with van der Waals surface area (Å²) < 4.78 is 14.8. The Labute approximate surface area is 172 Å².